The Morgan fingerprint density at radius 1 is 1.31 bits per heavy atom. The summed E-state index contributed by atoms with van der Waals surface area (Å²) in [6.07, 6.45) is 6.65. The van der Waals surface area contributed by atoms with Crippen molar-refractivity contribution in [2.24, 2.45) is 0 Å². The van der Waals surface area contributed by atoms with Crippen molar-refractivity contribution in [2.45, 2.75) is 38.2 Å². The molecule has 2 heterocycles. The van der Waals surface area contributed by atoms with Gasteiger partial charge in [0, 0.05) is 42.5 Å². The van der Waals surface area contributed by atoms with Gasteiger partial charge in [-0.15, -0.1) is 0 Å². The fourth-order valence-corrected chi connectivity index (χ4v) is 3.82. The SMILES string of the molecule is CC(=O)Nc1cccc(OCC2COC(CCc3ccc(Cl)cc3)(Cn3ccnc3)O2)c1. The number of aromatic nitrogens is 2. The Hall–Kier alpha value is -2.87. The van der Waals surface area contributed by atoms with Crippen LogP contribution in [0.4, 0.5) is 5.69 Å². The molecule has 1 amide bonds. The average Bonchev–Trinajstić information content (AvgIpc) is 3.42. The first-order chi connectivity index (χ1) is 15.5. The van der Waals surface area contributed by atoms with Crippen LogP contribution in [-0.2, 0) is 27.2 Å². The number of hydrogen-bond donors (Lipinski definition) is 1. The summed E-state index contributed by atoms with van der Waals surface area (Å²) in [7, 11) is 0. The molecule has 0 radical (unpaired) electrons. The molecule has 8 heteroatoms. The Morgan fingerprint density at radius 2 is 2.16 bits per heavy atom. The van der Waals surface area contributed by atoms with Crippen LogP contribution in [-0.4, -0.2) is 40.6 Å². The summed E-state index contributed by atoms with van der Waals surface area (Å²) in [5, 5.41) is 3.47. The Bertz CT molecular complexity index is 1030. The van der Waals surface area contributed by atoms with Gasteiger partial charge in [-0.05, 0) is 36.2 Å². The van der Waals surface area contributed by atoms with Crippen molar-refractivity contribution in [2.75, 3.05) is 18.5 Å². The van der Waals surface area contributed by atoms with E-state index in [0.29, 0.717) is 37.6 Å². The highest BCUT2D eigenvalue weighted by molar-refractivity contribution is 6.30. The molecule has 0 aliphatic carbocycles. The van der Waals surface area contributed by atoms with E-state index in [1.165, 1.54) is 12.5 Å². The summed E-state index contributed by atoms with van der Waals surface area (Å²) in [5.74, 6) is -0.236. The van der Waals surface area contributed by atoms with Gasteiger partial charge in [-0.1, -0.05) is 29.8 Å². The van der Waals surface area contributed by atoms with Gasteiger partial charge in [-0.3, -0.25) is 4.79 Å². The number of rotatable bonds is 9. The van der Waals surface area contributed by atoms with Gasteiger partial charge in [0.05, 0.1) is 19.5 Å². The molecule has 0 spiro atoms. The Balaban J connectivity index is 1.39. The van der Waals surface area contributed by atoms with Gasteiger partial charge in [0.25, 0.3) is 0 Å². The molecule has 0 bridgehead atoms. The van der Waals surface area contributed by atoms with Crippen LogP contribution < -0.4 is 10.1 Å². The highest BCUT2D eigenvalue weighted by atomic mass is 35.5. The van der Waals surface area contributed by atoms with Crippen LogP contribution in [0.15, 0.2) is 67.3 Å². The van der Waals surface area contributed by atoms with Crippen molar-refractivity contribution in [1.82, 2.24) is 9.55 Å². The molecule has 4 rings (SSSR count). The van der Waals surface area contributed by atoms with Crippen molar-refractivity contribution >= 4 is 23.2 Å². The molecule has 0 saturated carbocycles. The fraction of sp³-hybridized carbons (Fsp3) is 0.333. The minimum atomic E-state index is -0.771. The van der Waals surface area contributed by atoms with E-state index in [0.717, 1.165) is 11.4 Å². The number of amides is 1. The summed E-state index contributed by atoms with van der Waals surface area (Å²) < 4.78 is 20.5. The van der Waals surface area contributed by atoms with Crippen molar-refractivity contribution in [3.8, 4) is 5.75 Å². The molecule has 1 aliphatic rings. The monoisotopic (exact) mass is 455 g/mol. The van der Waals surface area contributed by atoms with E-state index < -0.39 is 5.79 Å². The van der Waals surface area contributed by atoms with Gasteiger partial charge in [-0.25, -0.2) is 4.98 Å². The minimum Gasteiger partial charge on any atom is -0.491 e. The number of anilines is 1. The number of ether oxygens (including phenoxy) is 3. The smallest absolute Gasteiger partial charge is 0.221 e. The zero-order valence-electron chi connectivity index (χ0n) is 17.9. The quantitative estimate of drug-likeness (QED) is 0.520. The number of nitrogens with zero attached hydrogens (tertiary/aromatic N) is 2. The van der Waals surface area contributed by atoms with Crippen LogP contribution in [0, 0.1) is 0 Å². The molecule has 168 valence electrons. The lowest BCUT2D eigenvalue weighted by molar-refractivity contribution is -0.184. The molecule has 7 nitrogen and oxygen atoms in total. The summed E-state index contributed by atoms with van der Waals surface area (Å²) in [6, 6.07) is 15.1. The van der Waals surface area contributed by atoms with Crippen LogP contribution in [0.2, 0.25) is 5.02 Å². The first kappa shape index (κ1) is 22.3. The number of halogens is 1. The van der Waals surface area contributed by atoms with E-state index in [1.807, 2.05) is 53.2 Å². The summed E-state index contributed by atoms with van der Waals surface area (Å²) >= 11 is 6.01. The fourth-order valence-electron chi connectivity index (χ4n) is 3.69. The second-order valence-corrected chi connectivity index (χ2v) is 8.28. The molecule has 1 aliphatic heterocycles. The zero-order chi connectivity index (χ0) is 22.4. The van der Waals surface area contributed by atoms with E-state index in [9.17, 15) is 4.79 Å². The topological polar surface area (TPSA) is 74.6 Å². The number of benzene rings is 2. The number of aryl methyl sites for hydroxylation is 1. The maximum absolute atomic E-state index is 11.3. The van der Waals surface area contributed by atoms with E-state index in [-0.39, 0.29) is 12.0 Å². The third kappa shape index (κ3) is 6.09. The highest BCUT2D eigenvalue weighted by Crippen LogP contribution is 2.31. The molecule has 2 aromatic carbocycles. The Kier molecular flexibility index (Phi) is 7.09. The lowest BCUT2D eigenvalue weighted by Crippen LogP contribution is -2.37. The number of carbonyl (C=O) groups excluding carboxylic acids is 1. The number of imidazole rings is 1. The predicted molar refractivity (Wildman–Crippen MR) is 122 cm³/mol. The molecule has 1 saturated heterocycles. The second-order valence-electron chi connectivity index (χ2n) is 7.84. The summed E-state index contributed by atoms with van der Waals surface area (Å²) in [5.41, 5.74) is 1.86. The van der Waals surface area contributed by atoms with Crippen LogP contribution in [0.25, 0.3) is 0 Å². The third-order valence-corrected chi connectivity index (χ3v) is 5.45. The van der Waals surface area contributed by atoms with Crippen LogP contribution >= 0.6 is 11.6 Å². The Morgan fingerprint density at radius 3 is 2.91 bits per heavy atom. The molecule has 3 aromatic rings. The maximum atomic E-state index is 11.3. The lowest BCUT2D eigenvalue weighted by Gasteiger charge is -2.28. The van der Waals surface area contributed by atoms with E-state index in [4.69, 9.17) is 25.8 Å². The lowest BCUT2D eigenvalue weighted by atomic mass is 10.0. The zero-order valence-corrected chi connectivity index (χ0v) is 18.6. The van der Waals surface area contributed by atoms with Gasteiger partial charge >= 0.3 is 0 Å². The summed E-state index contributed by atoms with van der Waals surface area (Å²) in [4.78, 5) is 15.4. The third-order valence-electron chi connectivity index (χ3n) is 5.19. The van der Waals surface area contributed by atoms with Gasteiger partial charge in [-0.2, -0.15) is 0 Å². The normalized spacial score (nSPS) is 20.2. The molecule has 1 aromatic heterocycles. The number of nitrogens with one attached hydrogen (secondary N) is 1. The first-order valence-corrected chi connectivity index (χ1v) is 10.9. The van der Waals surface area contributed by atoms with E-state index >= 15 is 0 Å². The number of hydrogen-bond acceptors (Lipinski definition) is 5. The van der Waals surface area contributed by atoms with Crippen molar-refractivity contribution in [3.05, 3.63) is 77.8 Å². The van der Waals surface area contributed by atoms with Crippen LogP contribution in [0.3, 0.4) is 0 Å². The molecule has 1 fully saturated rings. The van der Waals surface area contributed by atoms with E-state index in [1.54, 1.807) is 18.6 Å². The second kappa shape index (κ2) is 10.2. The molecular formula is C24H26ClN3O4. The number of carbonyl (C=O) groups is 1. The largest absolute Gasteiger partial charge is 0.491 e. The van der Waals surface area contributed by atoms with Crippen molar-refractivity contribution in [3.63, 3.8) is 0 Å². The van der Waals surface area contributed by atoms with Crippen LogP contribution in [0.1, 0.15) is 18.9 Å². The average molecular weight is 456 g/mol. The van der Waals surface area contributed by atoms with Crippen LogP contribution in [0.5, 0.6) is 5.75 Å². The van der Waals surface area contributed by atoms with E-state index in [2.05, 4.69) is 10.3 Å². The standard InChI is InChI=1S/C24H26ClN3O4/c1-18(29)27-21-3-2-4-22(13-21)30-14-23-15-31-24(32-23,16-28-12-11-26-17-28)10-9-19-5-7-20(25)8-6-19/h2-8,11-13,17,23H,9-10,14-16H2,1H3,(H,27,29). The van der Waals surface area contributed by atoms with Crippen molar-refractivity contribution < 1.29 is 19.0 Å². The predicted octanol–water partition coefficient (Wildman–Crippen LogP) is 4.32. The molecule has 2 unspecified atom stereocenters. The molecule has 1 N–H and O–H groups in total. The van der Waals surface area contributed by atoms with Gasteiger partial charge in [0.15, 0.2) is 5.79 Å². The highest BCUT2D eigenvalue weighted by Gasteiger charge is 2.42. The van der Waals surface area contributed by atoms with Crippen molar-refractivity contribution in [1.29, 1.82) is 0 Å². The van der Waals surface area contributed by atoms with Gasteiger partial charge in [0.1, 0.15) is 18.5 Å². The maximum Gasteiger partial charge on any atom is 0.221 e. The van der Waals surface area contributed by atoms with Gasteiger partial charge < -0.3 is 24.1 Å². The molecule has 32 heavy (non-hydrogen) atoms. The minimum absolute atomic E-state index is 0.125. The Labute approximate surface area is 192 Å². The summed E-state index contributed by atoms with van der Waals surface area (Å²) in [6.45, 7) is 2.78. The first-order valence-electron chi connectivity index (χ1n) is 10.5. The van der Waals surface area contributed by atoms with Gasteiger partial charge in [0.2, 0.25) is 5.91 Å². The molecule has 2 atom stereocenters. The molecular weight excluding hydrogens is 430 g/mol.